The molecule has 142 valence electrons. The standard InChI is InChI=1S/C20H22FN3O3/c1-27-18-8-7-15(13-17(18)21)14-19(25)23-9-11-24(12-10-23)20(26)22-16-5-3-2-4-6-16/h2-8,13H,9-12,14H2,1H3,(H,22,26). The number of para-hydroxylation sites is 1. The molecule has 1 aliphatic heterocycles. The van der Waals surface area contributed by atoms with Crippen LogP contribution < -0.4 is 10.1 Å². The van der Waals surface area contributed by atoms with Crippen molar-refractivity contribution in [2.75, 3.05) is 38.6 Å². The first-order valence-corrected chi connectivity index (χ1v) is 8.78. The van der Waals surface area contributed by atoms with Crippen LogP contribution >= 0.6 is 0 Å². The number of amides is 3. The van der Waals surface area contributed by atoms with Gasteiger partial charge in [0, 0.05) is 31.9 Å². The first-order chi connectivity index (χ1) is 13.1. The molecule has 0 bridgehead atoms. The van der Waals surface area contributed by atoms with Gasteiger partial charge in [-0.2, -0.15) is 0 Å². The fourth-order valence-electron chi connectivity index (χ4n) is 2.99. The summed E-state index contributed by atoms with van der Waals surface area (Å²) in [5.74, 6) is -0.405. The maximum Gasteiger partial charge on any atom is 0.321 e. The van der Waals surface area contributed by atoms with Crippen LogP contribution in [0.1, 0.15) is 5.56 Å². The lowest BCUT2D eigenvalue weighted by Gasteiger charge is -2.34. The summed E-state index contributed by atoms with van der Waals surface area (Å²) in [6, 6.07) is 13.6. The van der Waals surface area contributed by atoms with Crippen LogP contribution in [0, 0.1) is 5.82 Å². The minimum atomic E-state index is -0.481. The lowest BCUT2D eigenvalue weighted by molar-refractivity contribution is -0.131. The highest BCUT2D eigenvalue weighted by Gasteiger charge is 2.24. The molecule has 27 heavy (non-hydrogen) atoms. The topological polar surface area (TPSA) is 61.9 Å². The summed E-state index contributed by atoms with van der Waals surface area (Å²) in [7, 11) is 1.40. The van der Waals surface area contributed by atoms with Crippen molar-refractivity contribution in [3.63, 3.8) is 0 Å². The van der Waals surface area contributed by atoms with E-state index < -0.39 is 5.82 Å². The lowest BCUT2D eigenvalue weighted by Crippen LogP contribution is -2.52. The van der Waals surface area contributed by atoms with Crippen molar-refractivity contribution in [1.82, 2.24) is 9.80 Å². The number of urea groups is 1. The third-order valence-electron chi connectivity index (χ3n) is 4.52. The number of hydrogen-bond donors (Lipinski definition) is 1. The third-order valence-corrected chi connectivity index (χ3v) is 4.52. The maximum atomic E-state index is 13.8. The quantitative estimate of drug-likeness (QED) is 0.899. The number of carbonyl (C=O) groups excluding carboxylic acids is 2. The highest BCUT2D eigenvalue weighted by atomic mass is 19.1. The van der Waals surface area contributed by atoms with Crippen LogP contribution in [0.25, 0.3) is 0 Å². The smallest absolute Gasteiger partial charge is 0.321 e. The molecule has 0 aliphatic carbocycles. The Kier molecular flexibility index (Phi) is 5.90. The van der Waals surface area contributed by atoms with Crippen molar-refractivity contribution in [1.29, 1.82) is 0 Å². The summed E-state index contributed by atoms with van der Waals surface area (Å²) in [4.78, 5) is 28.1. The van der Waals surface area contributed by atoms with Crippen LogP contribution in [0.4, 0.5) is 14.9 Å². The summed E-state index contributed by atoms with van der Waals surface area (Å²) >= 11 is 0. The van der Waals surface area contributed by atoms with Gasteiger partial charge in [-0.05, 0) is 29.8 Å². The fraction of sp³-hybridized carbons (Fsp3) is 0.300. The molecule has 0 radical (unpaired) electrons. The number of piperazine rings is 1. The number of nitrogens with one attached hydrogen (secondary N) is 1. The molecule has 0 spiro atoms. The van der Waals surface area contributed by atoms with Gasteiger partial charge in [-0.25, -0.2) is 9.18 Å². The van der Waals surface area contributed by atoms with E-state index in [2.05, 4.69) is 5.32 Å². The molecule has 0 saturated carbocycles. The normalized spacial score (nSPS) is 14.0. The number of carbonyl (C=O) groups is 2. The van der Waals surface area contributed by atoms with E-state index >= 15 is 0 Å². The number of ether oxygens (including phenoxy) is 1. The van der Waals surface area contributed by atoms with Gasteiger partial charge in [0.2, 0.25) is 5.91 Å². The molecule has 3 amide bonds. The predicted octanol–water partition coefficient (Wildman–Crippen LogP) is 2.75. The molecule has 7 heteroatoms. The van der Waals surface area contributed by atoms with Gasteiger partial charge in [-0.3, -0.25) is 4.79 Å². The predicted molar refractivity (Wildman–Crippen MR) is 100 cm³/mol. The van der Waals surface area contributed by atoms with E-state index in [0.717, 1.165) is 5.69 Å². The van der Waals surface area contributed by atoms with Crippen LogP contribution in [0.3, 0.4) is 0 Å². The summed E-state index contributed by atoms with van der Waals surface area (Å²) in [5, 5.41) is 2.84. The Balaban J connectivity index is 1.50. The summed E-state index contributed by atoms with van der Waals surface area (Å²) in [6.45, 7) is 1.84. The van der Waals surface area contributed by atoms with Crippen molar-refractivity contribution in [3.05, 3.63) is 59.9 Å². The Bertz CT molecular complexity index is 805. The molecule has 1 saturated heterocycles. The van der Waals surface area contributed by atoms with Gasteiger partial charge in [-0.15, -0.1) is 0 Å². The summed E-state index contributed by atoms with van der Waals surface area (Å²) in [5.41, 5.74) is 1.34. The number of anilines is 1. The number of rotatable bonds is 4. The van der Waals surface area contributed by atoms with Crippen molar-refractivity contribution in [3.8, 4) is 5.75 Å². The molecular formula is C20H22FN3O3. The molecule has 1 fully saturated rings. The van der Waals surface area contributed by atoms with Crippen molar-refractivity contribution in [2.24, 2.45) is 0 Å². The number of hydrogen-bond acceptors (Lipinski definition) is 3. The molecule has 0 unspecified atom stereocenters. The van der Waals surface area contributed by atoms with Crippen LogP contribution in [-0.2, 0) is 11.2 Å². The van der Waals surface area contributed by atoms with Gasteiger partial charge >= 0.3 is 6.03 Å². The Labute approximate surface area is 157 Å². The first-order valence-electron chi connectivity index (χ1n) is 8.78. The second-order valence-corrected chi connectivity index (χ2v) is 6.31. The third kappa shape index (κ3) is 4.75. The second-order valence-electron chi connectivity index (χ2n) is 6.31. The van der Waals surface area contributed by atoms with E-state index in [4.69, 9.17) is 4.74 Å². The Hall–Kier alpha value is -3.09. The monoisotopic (exact) mass is 371 g/mol. The number of methoxy groups -OCH3 is 1. The zero-order valence-electron chi connectivity index (χ0n) is 15.2. The fourth-order valence-corrected chi connectivity index (χ4v) is 2.99. The molecule has 1 heterocycles. The van der Waals surface area contributed by atoms with E-state index in [9.17, 15) is 14.0 Å². The highest BCUT2D eigenvalue weighted by molar-refractivity contribution is 5.89. The average molecular weight is 371 g/mol. The Morgan fingerprint density at radius 2 is 1.70 bits per heavy atom. The molecule has 0 aromatic heterocycles. The van der Waals surface area contributed by atoms with Crippen LogP contribution in [0.2, 0.25) is 0 Å². The molecular weight excluding hydrogens is 349 g/mol. The second kappa shape index (κ2) is 8.53. The minimum Gasteiger partial charge on any atom is -0.494 e. The van der Waals surface area contributed by atoms with Crippen molar-refractivity contribution < 1.29 is 18.7 Å². The molecule has 2 aromatic carbocycles. The lowest BCUT2D eigenvalue weighted by atomic mass is 10.1. The Morgan fingerprint density at radius 3 is 2.33 bits per heavy atom. The van der Waals surface area contributed by atoms with Crippen molar-refractivity contribution in [2.45, 2.75) is 6.42 Å². The zero-order chi connectivity index (χ0) is 19.2. The number of benzene rings is 2. The molecule has 1 N–H and O–H groups in total. The van der Waals surface area contributed by atoms with Crippen LogP contribution in [0.5, 0.6) is 5.75 Å². The minimum absolute atomic E-state index is 0.0808. The zero-order valence-corrected chi connectivity index (χ0v) is 15.2. The molecule has 3 rings (SSSR count). The average Bonchev–Trinajstić information content (AvgIpc) is 2.69. The van der Waals surface area contributed by atoms with Gasteiger partial charge < -0.3 is 19.9 Å². The molecule has 1 aliphatic rings. The van der Waals surface area contributed by atoms with Gasteiger partial charge in [0.25, 0.3) is 0 Å². The SMILES string of the molecule is COc1ccc(CC(=O)N2CCN(C(=O)Nc3ccccc3)CC2)cc1F. The van der Waals surface area contributed by atoms with Crippen molar-refractivity contribution >= 4 is 17.6 Å². The van der Waals surface area contributed by atoms with E-state index in [1.54, 1.807) is 15.9 Å². The van der Waals surface area contributed by atoms with Gasteiger partial charge in [-0.1, -0.05) is 24.3 Å². The van der Waals surface area contributed by atoms with Crippen LogP contribution in [0.15, 0.2) is 48.5 Å². The van der Waals surface area contributed by atoms with E-state index in [0.29, 0.717) is 31.7 Å². The summed E-state index contributed by atoms with van der Waals surface area (Å²) < 4.78 is 18.6. The van der Waals surface area contributed by atoms with Gasteiger partial charge in [0.15, 0.2) is 11.6 Å². The largest absolute Gasteiger partial charge is 0.494 e. The Morgan fingerprint density at radius 1 is 1.04 bits per heavy atom. The van der Waals surface area contributed by atoms with Gasteiger partial charge in [0.1, 0.15) is 0 Å². The van der Waals surface area contributed by atoms with E-state index in [1.807, 2.05) is 30.3 Å². The molecule has 6 nitrogen and oxygen atoms in total. The first kappa shape index (κ1) is 18.7. The number of halogens is 1. The van der Waals surface area contributed by atoms with Gasteiger partial charge in [0.05, 0.1) is 13.5 Å². The summed E-state index contributed by atoms with van der Waals surface area (Å²) in [6.07, 6.45) is 0.122. The number of nitrogens with zero attached hydrogens (tertiary/aromatic N) is 2. The molecule has 0 atom stereocenters. The molecule has 2 aromatic rings. The van der Waals surface area contributed by atoms with Crippen LogP contribution in [-0.4, -0.2) is 55.0 Å². The maximum absolute atomic E-state index is 13.8. The highest BCUT2D eigenvalue weighted by Crippen LogP contribution is 2.18. The van der Waals surface area contributed by atoms with E-state index in [-0.39, 0.29) is 24.1 Å². The van der Waals surface area contributed by atoms with E-state index in [1.165, 1.54) is 19.2 Å².